The Labute approximate surface area is 181 Å². The van der Waals surface area contributed by atoms with Gasteiger partial charge in [-0.25, -0.2) is 14.8 Å². The molecule has 2 heterocycles. The van der Waals surface area contributed by atoms with E-state index in [1.807, 2.05) is 56.3 Å². The maximum Gasteiger partial charge on any atom is 0.336 e. The van der Waals surface area contributed by atoms with Crippen LogP contribution in [0.4, 0.5) is 0 Å². The Morgan fingerprint density at radius 1 is 1.06 bits per heavy atom. The van der Waals surface area contributed by atoms with E-state index in [4.69, 9.17) is 9.97 Å². The number of pyridine rings is 1. The van der Waals surface area contributed by atoms with Gasteiger partial charge in [0, 0.05) is 12.1 Å². The van der Waals surface area contributed by atoms with Crippen LogP contribution in [0.2, 0.25) is 0 Å². The van der Waals surface area contributed by atoms with Crippen LogP contribution in [0, 0.1) is 13.8 Å². The highest BCUT2D eigenvalue weighted by atomic mass is 16.4. The van der Waals surface area contributed by atoms with Crippen LogP contribution in [-0.2, 0) is 13.0 Å². The summed E-state index contributed by atoms with van der Waals surface area (Å²) in [4.78, 5) is 21.2. The molecule has 2 aromatic carbocycles. The number of imidazole rings is 1. The molecule has 2 aromatic heterocycles. The lowest BCUT2D eigenvalue weighted by atomic mass is 9.99. The lowest BCUT2D eigenvalue weighted by Gasteiger charge is -2.10. The zero-order chi connectivity index (χ0) is 22.0. The Kier molecular flexibility index (Phi) is 5.67. The summed E-state index contributed by atoms with van der Waals surface area (Å²) in [6, 6.07) is 17.2. The number of allylic oxidation sites excluding steroid dienone is 2. The van der Waals surface area contributed by atoms with E-state index in [-0.39, 0.29) is 0 Å². The predicted molar refractivity (Wildman–Crippen MR) is 123 cm³/mol. The quantitative estimate of drug-likeness (QED) is 0.421. The third-order valence-electron chi connectivity index (χ3n) is 5.40. The van der Waals surface area contributed by atoms with Gasteiger partial charge in [-0.1, -0.05) is 54.6 Å². The van der Waals surface area contributed by atoms with Crippen molar-refractivity contribution in [1.82, 2.24) is 14.5 Å². The third-order valence-corrected chi connectivity index (χ3v) is 5.40. The Morgan fingerprint density at radius 3 is 2.52 bits per heavy atom. The molecule has 31 heavy (non-hydrogen) atoms. The zero-order valence-corrected chi connectivity index (χ0v) is 18.0. The number of nitrogens with zero attached hydrogens (tertiary/aromatic N) is 3. The van der Waals surface area contributed by atoms with E-state index >= 15 is 0 Å². The molecule has 4 rings (SSSR count). The molecule has 0 amide bonds. The monoisotopic (exact) mass is 411 g/mol. The van der Waals surface area contributed by atoms with Crippen LogP contribution >= 0.6 is 0 Å². The van der Waals surface area contributed by atoms with Crippen LogP contribution in [0.5, 0.6) is 0 Å². The van der Waals surface area contributed by atoms with Crippen molar-refractivity contribution in [2.45, 2.75) is 33.7 Å². The number of aromatic nitrogens is 3. The number of aromatic carboxylic acids is 1. The number of carboxylic acid groups (broad SMARTS) is 1. The van der Waals surface area contributed by atoms with Gasteiger partial charge in [0.1, 0.15) is 11.3 Å². The van der Waals surface area contributed by atoms with Crippen molar-refractivity contribution in [2.24, 2.45) is 0 Å². The van der Waals surface area contributed by atoms with Gasteiger partial charge in [0.15, 0.2) is 5.65 Å². The van der Waals surface area contributed by atoms with Gasteiger partial charge < -0.3 is 9.67 Å². The fourth-order valence-corrected chi connectivity index (χ4v) is 3.89. The van der Waals surface area contributed by atoms with Crippen LogP contribution in [0.15, 0.2) is 66.7 Å². The first-order chi connectivity index (χ1) is 15.0. The average Bonchev–Trinajstić information content (AvgIpc) is 3.10. The van der Waals surface area contributed by atoms with Gasteiger partial charge in [0.05, 0.1) is 12.1 Å². The highest BCUT2D eigenvalue weighted by molar-refractivity contribution is 5.96. The van der Waals surface area contributed by atoms with Gasteiger partial charge in [-0.05, 0) is 55.2 Å². The second-order valence-electron chi connectivity index (χ2n) is 7.69. The molecule has 4 aromatic rings. The predicted octanol–water partition coefficient (Wildman–Crippen LogP) is 5.58. The van der Waals surface area contributed by atoms with Crippen molar-refractivity contribution in [3.05, 3.63) is 95.0 Å². The maximum absolute atomic E-state index is 11.6. The topological polar surface area (TPSA) is 68.0 Å². The maximum atomic E-state index is 11.6. The lowest BCUT2D eigenvalue weighted by molar-refractivity contribution is 0.0697. The van der Waals surface area contributed by atoms with E-state index in [1.54, 1.807) is 12.1 Å². The van der Waals surface area contributed by atoms with Crippen LogP contribution in [-0.4, -0.2) is 25.6 Å². The summed E-state index contributed by atoms with van der Waals surface area (Å²) < 4.78 is 2.18. The molecule has 156 valence electrons. The van der Waals surface area contributed by atoms with Crippen molar-refractivity contribution in [3.63, 3.8) is 0 Å². The Balaban J connectivity index is 1.72. The standard InChI is InChI=1S/C26H25N3O2/c1-4-5-10-23-28-24-17(2)15-18(3)27-25(24)29(23)16-19-11-13-20(14-12-19)21-8-6-7-9-22(21)26(30)31/h4-9,11-15H,10,16H2,1-3H3,(H,30,31)/b5-4+. The second kappa shape index (κ2) is 8.56. The molecule has 0 fully saturated rings. The molecule has 0 bridgehead atoms. The van der Waals surface area contributed by atoms with Crippen LogP contribution in [0.3, 0.4) is 0 Å². The lowest BCUT2D eigenvalue weighted by Crippen LogP contribution is -2.06. The van der Waals surface area contributed by atoms with Crippen molar-refractivity contribution >= 4 is 17.1 Å². The average molecular weight is 412 g/mol. The highest BCUT2D eigenvalue weighted by Gasteiger charge is 2.15. The molecule has 0 radical (unpaired) electrons. The summed E-state index contributed by atoms with van der Waals surface area (Å²) in [6.07, 6.45) is 4.88. The van der Waals surface area contributed by atoms with Crippen LogP contribution in [0.25, 0.3) is 22.3 Å². The molecule has 0 atom stereocenters. The number of aryl methyl sites for hydroxylation is 2. The molecular weight excluding hydrogens is 386 g/mol. The Hall–Kier alpha value is -3.73. The summed E-state index contributed by atoms with van der Waals surface area (Å²) in [7, 11) is 0. The molecule has 0 aliphatic carbocycles. The summed E-state index contributed by atoms with van der Waals surface area (Å²) in [6.45, 7) is 6.74. The molecule has 0 aliphatic rings. The molecule has 0 unspecified atom stereocenters. The van der Waals surface area contributed by atoms with E-state index in [1.165, 1.54) is 0 Å². The Bertz CT molecular complexity index is 1280. The largest absolute Gasteiger partial charge is 0.478 e. The van der Waals surface area contributed by atoms with Crippen molar-refractivity contribution in [3.8, 4) is 11.1 Å². The number of fused-ring (bicyclic) bond motifs is 1. The number of hydrogen-bond donors (Lipinski definition) is 1. The summed E-state index contributed by atoms with van der Waals surface area (Å²) in [5.41, 5.74) is 6.97. The number of carbonyl (C=O) groups is 1. The molecule has 0 saturated heterocycles. The SMILES string of the molecule is C/C=C/Cc1nc2c(C)cc(C)nc2n1Cc1ccc(-c2ccccc2C(=O)O)cc1. The van der Waals surface area contributed by atoms with E-state index in [0.29, 0.717) is 12.1 Å². The molecule has 5 nitrogen and oxygen atoms in total. The molecule has 5 heteroatoms. The number of rotatable bonds is 6. The first-order valence-electron chi connectivity index (χ1n) is 10.3. The van der Waals surface area contributed by atoms with Crippen molar-refractivity contribution in [2.75, 3.05) is 0 Å². The van der Waals surface area contributed by atoms with Gasteiger partial charge in [-0.2, -0.15) is 0 Å². The van der Waals surface area contributed by atoms with Gasteiger partial charge >= 0.3 is 5.97 Å². The van der Waals surface area contributed by atoms with E-state index in [9.17, 15) is 9.90 Å². The van der Waals surface area contributed by atoms with Gasteiger partial charge in [0.25, 0.3) is 0 Å². The molecular formula is C26H25N3O2. The normalized spacial score (nSPS) is 11.5. The van der Waals surface area contributed by atoms with Gasteiger partial charge in [-0.15, -0.1) is 0 Å². The molecule has 0 saturated carbocycles. The minimum absolute atomic E-state index is 0.305. The first-order valence-corrected chi connectivity index (χ1v) is 10.3. The van der Waals surface area contributed by atoms with Crippen molar-refractivity contribution in [1.29, 1.82) is 0 Å². The Morgan fingerprint density at radius 2 is 1.81 bits per heavy atom. The minimum Gasteiger partial charge on any atom is -0.478 e. The number of benzene rings is 2. The third kappa shape index (κ3) is 4.12. The van der Waals surface area contributed by atoms with Crippen LogP contribution < -0.4 is 0 Å². The summed E-state index contributed by atoms with van der Waals surface area (Å²) in [5, 5.41) is 9.48. The van der Waals surface area contributed by atoms with Crippen molar-refractivity contribution < 1.29 is 9.90 Å². The first kappa shape index (κ1) is 20.5. The zero-order valence-electron chi connectivity index (χ0n) is 18.0. The van der Waals surface area contributed by atoms with E-state index < -0.39 is 5.97 Å². The number of carboxylic acids is 1. The van der Waals surface area contributed by atoms with E-state index in [0.717, 1.165) is 51.4 Å². The minimum atomic E-state index is -0.921. The number of hydrogen-bond acceptors (Lipinski definition) is 3. The second-order valence-corrected chi connectivity index (χ2v) is 7.69. The molecule has 1 N–H and O–H groups in total. The summed E-state index contributed by atoms with van der Waals surface area (Å²) in [5.74, 6) is 0.0598. The highest BCUT2D eigenvalue weighted by Crippen LogP contribution is 2.26. The smallest absolute Gasteiger partial charge is 0.336 e. The fraction of sp³-hybridized carbons (Fsp3) is 0.192. The van der Waals surface area contributed by atoms with E-state index in [2.05, 4.69) is 23.6 Å². The van der Waals surface area contributed by atoms with Gasteiger partial charge in [-0.3, -0.25) is 0 Å². The van der Waals surface area contributed by atoms with Crippen LogP contribution in [0.1, 0.15) is 39.9 Å². The summed E-state index contributed by atoms with van der Waals surface area (Å²) >= 11 is 0. The van der Waals surface area contributed by atoms with Gasteiger partial charge in [0.2, 0.25) is 0 Å². The molecule has 0 aliphatic heterocycles. The molecule has 0 spiro atoms. The fourth-order valence-electron chi connectivity index (χ4n) is 3.89.